The number of piperidine rings is 1. The summed E-state index contributed by atoms with van der Waals surface area (Å²) in [5.74, 6) is -0.562. The van der Waals surface area contributed by atoms with Gasteiger partial charge in [0.2, 0.25) is 0 Å². The third-order valence-corrected chi connectivity index (χ3v) is 4.36. The number of likely N-dealkylation sites (tertiary alicyclic amines) is 1. The Kier molecular flexibility index (Phi) is 4.37. The van der Waals surface area contributed by atoms with Crippen LogP contribution < -0.4 is 5.32 Å². The lowest BCUT2D eigenvalue weighted by Crippen LogP contribution is -2.50. The molecule has 8 nitrogen and oxygen atoms in total. The van der Waals surface area contributed by atoms with Crippen molar-refractivity contribution >= 4 is 17.6 Å². The summed E-state index contributed by atoms with van der Waals surface area (Å²) in [5, 5.41) is 20.3. The fourth-order valence-corrected chi connectivity index (χ4v) is 3.19. The van der Waals surface area contributed by atoms with Gasteiger partial charge < -0.3 is 15.3 Å². The van der Waals surface area contributed by atoms with Crippen LogP contribution in [0.1, 0.15) is 32.1 Å². The Hall–Kier alpha value is -2.64. The molecule has 8 heteroatoms. The van der Waals surface area contributed by atoms with Crippen molar-refractivity contribution in [2.24, 2.45) is 11.8 Å². The standard InChI is InChI=1S/C16H21N5O3/c1-10-7-12(15(22)23)9-20(8-10)16(24)17-11(2)14-19-18-13-5-3-4-6-21(13)14/h3-6,10-12H,7-9H2,1-2H3,(H,17,24)(H,22,23). The summed E-state index contributed by atoms with van der Waals surface area (Å²) in [6, 6.07) is 4.98. The van der Waals surface area contributed by atoms with Gasteiger partial charge in [-0.15, -0.1) is 10.2 Å². The number of pyridine rings is 1. The van der Waals surface area contributed by atoms with E-state index in [1.54, 1.807) is 4.90 Å². The Morgan fingerprint density at radius 2 is 2.12 bits per heavy atom. The van der Waals surface area contributed by atoms with Gasteiger partial charge in [-0.05, 0) is 31.4 Å². The number of carboxylic acids is 1. The van der Waals surface area contributed by atoms with Gasteiger partial charge in [0, 0.05) is 19.3 Å². The second kappa shape index (κ2) is 6.46. The van der Waals surface area contributed by atoms with Crippen molar-refractivity contribution in [2.75, 3.05) is 13.1 Å². The number of fused-ring (bicyclic) bond motifs is 1. The minimum atomic E-state index is -0.851. The Balaban J connectivity index is 1.70. The SMILES string of the molecule is CC1CC(C(=O)O)CN(C(=O)NC(C)c2nnc3ccccn23)C1. The van der Waals surface area contributed by atoms with Crippen molar-refractivity contribution < 1.29 is 14.7 Å². The molecule has 3 atom stereocenters. The lowest BCUT2D eigenvalue weighted by molar-refractivity contribution is -0.143. The average molecular weight is 331 g/mol. The molecule has 0 saturated carbocycles. The molecule has 0 aliphatic carbocycles. The first-order valence-electron chi connectivity index (χ1n) is 8.03. The van der Waals surface area contributed by atoms with Gasteiger partial charge in [-0.2, -0.15) is 0 Å². The molecule has 1 saturated heterocycles. The topological polar surface area (TPSA) is 99.8 Å². The van der Waals surface area contributed by atoms with Gasteiger partial charge in [-0.3, -0.25) is 9.20 Å². The summed E-state index contributed by atoms with van der Waals surface area (Å²) in [7, 11) is 0. The third kappa shape index (κ3) is 3.17. The molecule has 1 aliphatic rings. The maximum Gasteiger partial charge on any atom is 0.318 e. The van der Waals surface area contributed by atoms with Gasteiger partial charge in [-0.25, -0.2) is 4.79 Å². The van der Waals surface area contributed by atoms with Crippen LogP contribution in [-0.4, -0.2) is 49.7 Å². The van der Waals surface area contributed by atoms with Crippen molar-refractivity contribution in [3.05, 3.63) is 30.2 Å². The number of aliphatic carboxylic acids is 1. The number of rotatable bonds is 3. The molecule has 128 valence electrons. The Morgan fingerprint density at radius 3 is 2.88 bits per heavy atom. The van der Waals surface area contributed by atoms with Crippen LogP contribution in [-0.2, 0) is 4.79 Å². The molecule has 0 aromatic carbocycles. The summed E-state index contributed by atoms with van der Waals surface area (Å²) in [6.07, 6.45) is 2.44. The van der Waals surface area contributed by atoms with Crippen LogP contribution in [0.5, 0.6) is 0 Å². The number of nitrogens with zero attached hydrogens (tertiary/aromatic N) is 4. The number of hydrogen-bond acceptors (Lipinski definition) is 4. The molecule has 3 rings (SSSR count). The normalized spacial score (nSPS) is 22.3. The molecule has 2 aromatic rings. The summed E-state index contributed by atoms with van der Waals surface area (Å²) in [4.78, 5) is 25.3. The molecule has 2 aromatic heterocycles. The first kappa shape index (κ1) is 16.2. The predicted molar refractivity (Wildman–Crippen MR) is 86.4 cm³/mol. The number of carbonyl (C=O) groups is 2. The van der Waals surface area contributed by atoms with Crippen molar-refractivity contribution in [1.82, 2.24) is 24.8 Å². The van der Waals surface area contributed by atoms with Gasteiger partial charge in [0.25, 0.3) is 0 Å². The maximum absolute atomic E-state index is 12.5. The van der Waals surface area contributed by atoms with Crippen LogP contribution in [0.3, 0.4) is 0 Å². The van der Waals surface area contributed by atoms with E-state index in [-0.39, 0.29) is 24.5 Å². The van der Waals surface area contributed by atoms with Crippen molar-refractivity contribution in [2.45, 2.75) is 26.3 Å². The van der Waals surface area contributed by atoms with Crippen LogP contribution in [0.25, 0.3) is 5.65 Å². The highest BCUT2D eigenvalue weighted by molar-refractivity contribution is 5.77. The zero-order valence-electron chi connectivity index (χ0n) is 13.7. The lowest BCUT2D eigenvalue weighted by atomic mass is 9.91. The van der Waals surface area contributed by atoms with Crippen LogP contribution in [0.2, 0.25) is 0 Å². The highest BCUT2D eigenvalue weighted by atomic mass is 16.4. The molecule has 0 spiro atoms. The van der Waals surface area contributed by atoms with E-state index in [4.69, 9.17) is 0 Å². The summed E-state index contributed by atoms with van der Waals surface area (Å²) < 4.78 is 1.82. The van der Waals surface area contributed by atoms with Crippen molar-refractivity contribution in [1.29, 1.82) is 0 Å². The number of nitrogens with one attached hydrogen (secondary N) is 1. The Labute approximate surface area is 139 Å². The number of carbonyl (C=O) groups excluding carboxylic acids is 1. The molecule has 0 radical (unpaired) electrons. The first-order valence-corrected chi connectivity index (χ1v) is 8.03. The van der Waals surface area contributed by atoms with Crippen LogP contribution >= 0.6 is 0 Å². The van der Waals surface area contributed by atoms with E-state index in [1.807, 2.05) is 42.6 Å². The molecule has 3 heterocycles. The second-order valence-electron chi connectivity index (χ2n) is 6.44. The average Bonchev–Trinajstić information content (AvgIpc) is 2.98. The fourth-order valence-electron chi connectivity index (χ4n) is 3.19. The highest BCUT2D eigenvalue weighted by Crippen LogP contribution is 2.22. The van der Waals surface area contributed by atoms with E-state index in [9.17, 15) is 14.7 Å². The summed E-state index contributed by atoms with van der Waals surface area (Å²) >= 11 is 0. The first-order chi connectivity index (χ1) is 11.5. The van der Waals surface area contributed by atoms with Gasteiger partial charge in [0.1, 0.15) is 0 Å². The van der Waals surface area contributed by atoms with Crippen LogP contribution in [0.4, 0.5) is 4.79 Å². The monoisotopic (exact) mass is 331 g/mol. The number of hydrogen-bond donors (Lipinski definition) is 2. The number of urea groups is 1. The van der Waals surface area contributed by atoms with Gasteiger partial charge in [0.05, 0.1) is 12.0 Å². The van der Waals surface area contributed by atoms with Gasteiger partial charge in [-0.1, -0.05) is 13.0 Å². The van der Waals surface area contributed by atoms with E-state index in [0.29, 0.717) is 24.4 Å². The van der Waals surface area contributed by atoms with E-state index in [1.165, 1.54) is 0 Å². The highest BCUT2D eigenvalue weighted by Gasteiger charge is 2.32. The maximum atomic E-state index is 12.5. The quantitative estimate of drug-likeness (QED) is 0.889. The molecular weight excluding hydrogens is 310 g/mol. The molecule has 0 bridgehead atoms. The van der Waals surface area contributed by atoms with Crippen LogP contribution in [0.15, 0.2) is 24.4 Å². The number of aromatic nitrogens is 3. The van der Waals surface area contributed by atoms with E-state index < -0.39 is 11.9 Å². The second-order valence-corrected chi connectivity index (χ2v) is 6.44. The van der Waals surface area contributed by atoms with E-state index in [2.05, 4.69) is 15.5 Å². The Morgan fingerprint density at radius 1 is 1.33 bits per heavy atom. The summed E-state index contributed by atoms with van der Waals surface area (Å²) in [6.45, 7) is 4.59. The molecule has 3 unspecified atom stereocenters. The Bertz CT molecular complexity index is 759. The fraction of sp³-hybridized carbons (Fsp3) is 0.500. The number of carboxylic acid groups (broad SMARTS) is 1. The smallest absolute Gasteiger partial charge is 0.318 e. The molecule has 24 heavy (non-hydrogen) atoms. The number of amides is 2. The molecule has 1 fully saturated rings. The molecular formula is C16H21N5O3. The lowest BCUT2D eigenvalue weighted by Gasteiger charge is -2.35. The third-order valence-electron chi connectivity index (χ3n) is 4.36. The van der Waals surface area contributed by atoms with Crippen molar-refractivity contribution in [3.63, 3.8) is 0 Å². The predicted octanol–water partition coefficient (Wildman–Crippen LogP) is 1.54. The van der Waals surface area contributed by atoms with Gasteiger partial charge in [0.15, 0.2) is 11.5 Å². The molecule has 2 N–H and O–H groups in total. The van der Waals surface area contributed by atoms with Gasteiger partial charge >= 0.3 is 12.0 Å². The molecule has 2 amide bonds. The summed E-state index contributed by atoms with van der Waals surface area (Å²) in [5.41, 5.74) is 0.714. The largest absolute Gasteiger partial charge is 0.481 e. The minimum absolute atomic E-state index is 0.162. The van der Waals surface area contributed by atoms with E-state index in [0.717, 1.165) is 0 Å². The zero-order chi connectivity index (χ0) is 17.3. The van der Waals surface area contributed by atoms with Crippen LogP contribution in [0, 0.1) is 11.8 Å². The van der Waals surface area contributed by atoms with Crippen molar-refractivity contribution in [3.8, 4) is 0 Å². The van der Waals surface area contributed by atoms with E-state index >= 15 is 0 Å². The zero-order valence-corrected chi connectivity index (χ0v) is 13.7. The minimum Gasteiger partial charge on any atom is -0.481 e. The molecule has 1 aliphatic heterocycles.